The highest BCUT2D eigenvalue weighted by Gasteiger charge is 2.13. The standard InChI is InChI=1S/C13H14N4O2S/c1-9(2)15-17-12(20-3)14-11(18)16(13(17)19)10-7-5-4-6-8-10/h4-8H,1-3H3. The van der Waals surface area contributed by atoms with Crippen LogP contribution in [-0.4, -0.2) is 26.2 Å². The minimum atomic E-state index is -0.606. The van der Waals surface area contributed by atoms with Crippen LogP contribution in [0, 0.1) is 0 Å². The van der Waals surface area contributed by atoms with Gasteiger partial charge in [-0.05, 0) is 32.2 Å². The van der Waals surface area contributed by atoms with Gasteiger partial charge in [-0.15, -0.1) is 0 Å². The number of benzene rings is 1. The molecule has 2 aromatic rings. The molecule has 0 unspecified atom stereocenters. The molecule has 1 aromatic heterocycles. The SMILES string of the molecule is CSc1nc(=O)n(-c2ccccc2)c(=O)n1N=C(C)C. The first-order valence-electron chi connectivity index (χ1n) is 5.92. The molecule has 1 heterocycles. The van der Waals surface area contributed by atoms with Gasteiger partial charge in [-0.25, -0.2) is 14.2 Å². The summed E-state index contributed by atoms with van der Waals surface area (Å²) in [6.45, 7) is 3.54. The predicted octanol–water partition coefficient (Wildman–Crippen LogP) is 1.36. The molecule has 104 valence electrons. The van der Waals surface area contributed by atoms with Crippen molar-refractivity contribution in [2.24, 2.45) is 5.10 Å². The third-order valence-electron chi connectivity index (χ3n) is 2.43. The number of hydrogen-bond donors (Lipinski definition) is 0. The quantitative estimate of drug-likeness (QED) is 0.632. The zero-order valence-corrected chi connectivity index (χ0v) is 12.2. The average molecular weight is 290 g/mol. The molecule has 0 aliphatic rings. The summed E-state index contributed by atoms with van der Waals surface area (Å²) in [5, 5.41) is 4.41. The van der Waals surface area contributed by atoms with Crippen LogP contribution in [0.15, 0.2) is 50.2 Å². The van der Waals surface area contributed by atoms with Crippen molar-refractivity contribution in [3.8, 4) is 5.69 Å². The van der Waals surface area contributed by atoms with E-state index in [1.807, 2.05) is 6.07 Å². The van der Waals surface area contributed by atoms with Crippen LogP contribution in [0.3, 0.4) is 0 Å². The van der Waals surface area contributed by atoms with E-state index in [9.17, 15) is 9.59 Å². The Morgan fingerprint density at radius 1 is 1.20 bits per heavy atom. The van der Waals surface area contributed by atoms with Gasteiger partial charge in [0.15, 0.2) is 5.16 Å². The average Bonchev–Trinajstić information content (AvgIpc) is 2.42. The Balaban J connectivity index is 2.82. The molecule has 2 rings (SSSR count). The Labute approximate surface area is 119 Å². The van der Waals surface area contributed by atoms with Crippen LogP contribution >= 0.6 is 11.8 Å². The smallest absolute Gasteiger partial charge is 0.245 e. The van der Waals surface area contributed by atoms with E-state index in [1.165, 1.54) is 11.8 Å². The molecule has 0 saturated heterocycles. The fourth-order valence-electron chi connectivity index (χ4n) is 1.65. The summed E-state index contributed by atoms with van der Waals surface area (Å²) in [7, 11) is 0. The fourth-order valence-corrected chi connectivity index (χ4v) is 2.11. The van der Waals surface area contributed by atoms with Crippen molar-refractivity contribution in [1.29, 1.82) is 0 Å². The maximum absolute atomic E-state index is 12.5. The molecule has 0 aliphatic heterocycles. The van der Waals surface area contributed by atoms with Gasteiger partial charge in [0.1, 0.15) is 0 Å². The Hall–Kier alpha value is -2.15. The molecular weight excluding hydrogens is 276 g/mol. The van der Waals surface area contributed by atoms with Gasteiger partial charge in [0.2, 0.25) is 0 Å². The first-order chi connectivity index (χ1) is 9.54. The monoisotopic (exact) mass is 290 g/mol. The maximum atomic E-state index is 12.5. The molecule has 0 atom stereocenters. The first-order valence-corrected chi connectivity index (χ1v) is 7.14. The third-order valence-corrected chi connectivity index (χ3v) is 3.06. The largest absolute Gasteiger partial charge is 0.359 e. The van der Waals surface area contributed by atoms with Crippen LogP contribution in [0.5, 0.6) is 0 Å². The lowest BCUT2D eigenvalue weighted by molar-refractivity contribution is 0.599. The molecule has 0 amide bonds. The van der Waals surface area contributed by atoms with Crippen LogP contribution in [0.1, 0.15) is 13.8 Å². The van der Waals surface area contributed by atoms with Crippen molar-refractivity contribution in [1.82, 2.24) is 14.2 Å². The second-order valence-electron chi connectivity index (χ2n) is 4.19. The van der Waals surface area contributed by atoms with E-state index in [0.717, 1.165) is 9.24 Å². The molecule has 0 bridgehead atoms. The van der Waals surface area contributed by atoms with Gasteiger partial charge in [0.05, 0.1) is 5.69 Å². The van der Waals surface area contributed by atoms with Crippen molar-refractivity contribution in [2.75, 3.05) is 6.26 Å². The third kappa shape index (κ3) is 2.72. The molecule has 0 N–H and O–H groups in total. The number of thioether (sulfide) groups is 1. The summed E-state index contributed by atoms with van der Waals surface area (Å²) in [6.07, 6.45) is 1.74. The van der Waals surface area contributed by atoms with Gasteiger partial charge in [0.25, 0.3) is 0 Å². The molecule has 0 fully saturated rings. The van der Waals surface area contributed by atoms with E-state index < -0.39 is 11.4 Å². The van der Waals surface area contributed by atoms with Crippen LogP contribution in [0.4, 0.5) is 0 Å². The Morgan fingerprint density at radius 2 is 1.85 bits per heavy atom. The van der Waals surface area contributed by atoms with Gasteiger partial charge in [-0.2, -0.15) is 14.8 Å². The van der Waals surface area contributed by atoms with Crippen LogP contribution in [0.25, 0.3) is 5.69 Å². The molecule has 0 spiro atoms. The number of hydrogen-bond acceptors (Lipinski definition) is 5. The van der Waals surface area contributed by atoms with Gasteiger partial charge < -0.3 is 0 Å². The summed E-state index contributed by atoms with van der Waals surface area (Å²) in [6, 6.07) is 8.67. The number of rotatable bonds is 3. The first kappa shape index (κ1) is 14.3. The molecule has 0 saturated carbocycles. The van der Waals surface area contributed by atoms with Crippen LogP contribution < -0.4 is 11.4 Å². The van der Waals surface area contributed by atoms with Crippen molar-refractivity contribution < 1.29 is 0 Å². The van der Waals surface area contributed by atoms with E-state index >= 15 is 0 Å². The highest BCUT2D eigenvalue weighted by atomic mass is 32.2. The molecule has 1 aromatic carbocycles. The summed E-state index contributed by atoms with van der Waals surface area (Å²) in [5.74, 6) is 0. The second-order valence-corrected chi connectivity index (χ2v) is 4.97. The van der Waals surface area contributed by atoms with Crippen molar-refractivity contribution in [3.05, 3.63) is 51.3 Å². The predicted molar refractivity (Wildman–Crippen MR) is 80.1 cm³/mol. The van der Waals surface area contributed by atoms with E-state index in [2.05, 4.69) is 10.1 Å². The normalized spacial score (nSPS) is 10.3. The number of nitrogens with zero attached hydrogens (tertiary/aromatic N) is 4. The Bertz CT molecular complexity index is 758. The van der Waals surface area contributed by atoms with E-state index in [1.54, 1.807) is 44.4 Å². The van der Waals surface area contributed by atoms with Crippen molar-refractivity contribution in [3.63, 3.8) is 0 Å². The maximum Gasteiger partial charge on any atom is 0.359 e. The topological polar surface area (TPSA) is 69.2 Å². The van der Waals surface area contributed by atoms with Gasteiger partial charge in [0, 0.05) is 5.71 Å². The highest BCUT2D eigenvalue weighted by Crippen LogP contribution is 2.08. The van der Waals surface area contributed by atoms with E-state index in [4.69, 9.17) is 0 Å². The van der Waals surface area contributed by atoms with Crippen molar-refractivity contribution >= 4 is 17.5 Å². The zero-order chi connectivity index (χ0) is 14.7. The minimum Gasteiger partial charge on any atom is -0.245 e. The lowest BCUT2D eigenvalue weighted by Gasteiger charge is -2.09. The van der Waals surface area contributed by atoms with E-state index in [-0.39, 0.29) is 5.16 Å². The molecular formula is C13H14N4O2S. The number of para-hydroxylation sites is 1. The molecule has 7 heteroatoms. The summed E-state index contributed by atoms with van der Waals surface area (Å²) >= 11 is 1.20. The van der Waals surface area contributed by atoms with Gasteiger partial charge in [-0.1, -0.05) is 30.0 Å². The molecule has 20 heavy (non-hydrogen) atoms. The lowest BCUT2D eigenvalue weighted by Crippen LogP contribution is -2.40. The fraction of sp³-hybridized carbons (Fsp3) is 0.231. The van der Waals surface area contributed by atoms with E-state index in [0.29, 0.717) is 11.4 Å². The summed E-state index contributed by atoms with van der Waals surface area (Å²) in [4.78, 5) is 28.4. The summed E-state index contributed by atoms with van der Waals surface area (Å²) < 4.78 is 2.15. The summed E-state index contributed by atoms with van der Waals surface area (Å²) in [5.41, 5.74) is 0.0373. The minimum absolute atomic E-state index is 0.272. The lowest BCUT2D eigenvalue weighted by atomic mass is 10.3. The molecule has 0 aliphatic carbocycles. The molecule has 0 radical (unpaired) electrons. The van der Waals surface area contributed by atoms with Crippen LogP contribution in [-0.2, 0) is 0 Å². The van der Waals surface area contributed by atoms with Crippen LogP contribution in [0.2, 0.25) is 0 Å². The second kappa shape index (κ2) is 5.87. The van der Waals surface area contributed by atoms with Gasteiger partial charge in [-0.3, -0.25) is 0 Å². The number of aromatic nitrogens is 3. The van der Waals surface area contributed by atoms with Crippen molar-refractivity contribution in [2.45, 2.75) is 19.0 Å². The molecule has 6 nitrogen and oxygen atoms in total. The zero-order valence-electron chi connectivity index (χ0n) is 11.4. The highest BCUT2D eigenvalue weighted by molar-refractivity contribution is 7.98. The van der Waals surface area contributed by atoms with Gasteiger partial charge >= 0.3 is 11.4 Å². The Kier molecular flexibility index (Phi) is 4.19. The Morgan fingerprint density at radius 3 is 2.40 bits per heavy atom.